The molecule has 2 N–H and O–H groups in total. The number of pyridine rings is 1. The minimum Gasteiger partial charge on any atom is -0.360 e. The van der Waals surface area contributed by atoms with E-state index in [9.17, 15) is 9.59 Å². The van der Waals surface area contributed by atoms with Crippen molar-refractivity contribution in [2.75, 3.05) is 6.54 Å². The number of carbonyl (C=O) groups excluding carboxylic acids is 1. The van der Waals surface area contributed by atoms with Crippen LogP contribution < -0.4 is 5.56 Å². The summed E-state index contributed by atoms with van der Waals surface area (Å²) in [5, 5.41) is 0.453. The van der Waals surface area contributed by atoms with Crippen molar-refractivity contribution >= 4 is 16.8 Å². The van der Waals surface area contributed by atoms with Crippen molar-refractivity contribution in [3.63, 3.8) is 0 Å². The molecule has 1 amide bonds. The van der Waals surface area contributed by atoms with Gasteiger partial charge in [-0.2, -0.15) is 0 Å². The fourth-order valence-electron chi connectivity index (χ4n) is 3.30. The number of amides is 1. The number of fused-ring (bicyclic) bond motifs is 2. The van der Waals surface area contributed by atoms with Crippen molar-refractivity contribution in [1.29, 1.82) is 0 Å². The molecule has 0 radical (unpaired) electrons. The molecule has 1 aliphatic heterocycles. The molecule has 1 aliphatic rings. The van der Waals surface area contributed by atoms with Crippen LogP contribution in [0.3, 0.4) is 0 Å². The molecule has 0 fully saturated rings. The van der Waals surface area contributed by atoms with Crippen molar-refractivity contribution in [3.8, 4) is 0 Å². The number of H-pyrrole nitrogens is 2. The van der Waals surface area contributed by atoms with Crippen LogP contribution in [0.1, 0.15) is 27.0 Å². The van der Waals surface area contributed by atoms with Crippen LogP contribution in [0, 0.1) is 6.92 Å². The predicted molar refractivity (Wildman–Crippen MR) is 88.5 cm³/mol. The quantitative estimate of drug-likeness (QED) is 0.724. The largest absolute Gasteiger partial charge is 0.360 e. The third-order valence-electron chi connectivity index (χ3n) is 4.57. The third kappa shape index (κ3) is 2.16. The average molecular weight is 307 g/mol. The molecule has 23 heavy (non-hydrogen) atoms. The molecule has 116 valence electrons. The van der Waals surface area contributed by atoms with E-state index in [1.807, 2.05) is 24.0 Å². The van der Waals surface area contributed by atoms with E-state index in [0.29, 0.717) is 24.0 Å². The Kier molecular flexibility index (Phi) is 3.08. The number of rotatable bonds is 1. The lowest BCUT2D eigenvalue weighted by Gasteiger charge is -2.28. The van der Waals surface area contributed by atoms with Crippen LogP contribution in [0.5, 0.6) is 0 Å². The first-order valence-corrected chi connectivity index (χ1v) is 7.70. The second-order valence-electron chi connectivity index (χ2n) is 6.00. The second-order valence-corrected chi connectivity index (χ2v) is 6.00. The first-order valence-electron chi connectivity index (χ1n) is 7.70. The predicted octanol–water partition coefficient (Wildman–Crippen LogP) is 2.36. The van der Waals surface area contributed by atoms with E-state index in [2.05, 4.69) is 22.1 Å². The lowest BCUT2D eigenvalue weighted by atomic mass is 9.99. The highest BCUT2D eigenvalue weighted by Gasteiger charge is 2.24. The standard InChI is InChI=1S/C18H17N3O2/c1-11-8-20-17(22)15-14(9-19-16(11)15)18(23)21-7-6-12-4-2-3-5-13(12)10-21/h2-5,8-9,19H,6-7,10H2,1H3,(H,20,22). The summed E-state index contributed by atoms with van der Waals surface area (Å²) >= 11 is 0. The summed E-state index contributed by atoms with van der Waals surface area (Å²) < 4.78 is 0. The minimum absolute atomic E-state index is 0.0955. The number of nitrogens with one attached hydrogen (secondary N) is 2. The number of aromatic amines is 2. The first-order chi connectivity index (χ1) is 11.1. The SMILES string of the molecule is Cc1c[nH]c(=O)c2c(C(=O)N3CCc4ccccc4C3)c[nH]c12. The van der Waals surface area contributed by atoms with E-state index in [4.69, 9.17) is 0 Å². The maximum atomic E-state index is 12.9. The molecule has 0 atom stereocenters. The van der Waals surface area contributed by atoms with Crippen molar-refractivity contribution in [1.82, 2.24) is 14.9 Å². The normalized spacial score (nSPS) is 14.0. The molecule has 0 bridgehead atoms. The zero-order chi connectivity index (χ0) is 16.0. The van der Waals surface area contributed by atoms with Gasteiger partial charge in [0.05, 0.1) is 16.5 Å². The number of aromatic nitrogens is 2. The fraction of sp³-hybridized carbons (Fsp3) is 0.222. The topological polar surface area (TPSA) is 69.0 Å². The highest BCUT2D eigenvalue weighted by Crippen LogP contribution is 2.23. The van der Waals surface area contributed by atoms with Crippen LogP contribution in [0.4, 0.5) is 0 Å². The molecule has 0 saturated carbocycles. The summed E-state index contributed by atoms with van der Waals surface area (Å²) in [5.74, 6) is -0.0955. The van der Waals surface area contributed by atoms with Gasteiger partial charge in [0, 0.05) is 25.5 Å². The van der Waals surface area contributed by atoms with Crippen LogP contribution >= 0.6 is 0 Å². The van der Waals surface area contributed by atoms with Crippen molar-refractivity contribution in [2.45, 2.75) is 19.9 Å². The number of aryl methyl sites for hydroxylation is 1. The zero-order valence-electron chi connectivity index (χ0n) is 12.8. The highest BCUT2D eigenvalue weighted by molar-refractivity contribution is 6.07. The van der Waals surface area contributed by atoms with Gasteiger partial charge in [0.25, 0.3) is 11.5 Å². The Morgan fingerprint density at radius 3 is 2.74 bits per heavy atom. The molecular formula is C18H17N3O2. The van der Waals surface area contributed by atoms with Crippen LogP contribution in [-0.2, 0) is 13.0 Å². The van der Waals surface area contributed by atoms with Gasteiger partial charge in [0.1, 0.15) is 0 Å². The summed E-state index contributed by atoms with van der Waals surface area (Å²) in [6.07, 6.45) is 4.15. The van der Waals surface area contributed by atoms with Crippen molar-refractivity contribution in [2.24, 2.45) is 0 Å². The van der Waals surface area contributed by atoms with E-state index < -0.39 is 0 Å². The monoisotopic (exact) mass is 307 g/mol. The Balaban J connectivity index is 1.74. The number of carbonyl (C=O) groups is 1. The van der Waals surface area contributed by atoms with E-state index in [1.165, 1.54) is 11.1 Å². The van der Waals surface area contributed by atoms with Crippen LogP contribution in [-0.4, -0.2) is 27.3 Å². The molecule has 1 aromatic carbocycles. The molecule has 2 aromatic heterocycles. The van der Waals surface area contributed by atoms with Crippen molar-refractivity contribution in [3.05, 3.63) is 69.3 Å². The van der Waals surface area contributed by atoms with Gasteiger partial charge in [-0.05, 0) is 30.0 Å². The average Bonchev–Trinajstić information content (AvgIpc) is 3.03. The molecule has 0 aliphatic carbocycles. The smallest absolute Gasteiger partial charge is 0.258 e. The molecule has 3 heterocycles. The summed E-state index contributed by atoms with van der Waals surface area (Å²) in [4.78, 5) is 32.6. The van der Waals surface area contributed by atoms with Gasteiger partial charge in [-0.3, -0.25) is 9.59 Å². The van der Waals surface area contributed by atoms with Gasteiger partial charge in [0.15, 0.2) is 0 Å². The number of hydrogen-bond acceptors (Lipinski definition) is 2. The van der Waals surface area contributed by atoms with E-state index >= 15 is 0 Å². The summed E-state index contributed by atoms with van der Waals surface area (Å²) in [6.45, 7) is 3.16. The summed E-state index contributed by atoms with van der Waals surface area (Å²) in [6, 6.07) is 8.18. The van der Waals surface area contributed by atoms with Gasteiger partial charge >= 0.3 is 0 Å². The Bertz CT molecular complexity index is 968. The van der Waals surface area contributed by atoms with Gasteiger partial charge < -0.3 is 14.9 Å². The minimum atomic E-state index is -0.229. The molecular weight excluding hydrogens is 290 g/mol. The Morgan fingerprint density at radius 1 is 1.13 bits per heavy atom. The maximum absolute atomic E-state index is 12.9. The Labute approximate surface area is 133 Å². The molecule has 0 saturated heterocycles. The zero-order valence-corrected chi connectivity index (χ0v) is 12.8. The van der Waals surface area contributed by atoms with E-state index in [-0.39, 0.29) is 11.5 Å². The Morgan fingerprint density at radius 2 is 1.91 bits per heavy atom. The number of nitrogens with zero attached hydrogens (tertiary/aromatic N) is 1. The molecule has 0 unspecified atom stereocenters. The Hall–Kier alpha value is -2.82. The van der Waals surface area contributed by atoms with Crippen LogP contribution in [0.15, 0.2) is 41.5 Å². The molecule has 0 spiro atoms. The van der Waals surface area contributed by atoms with Gasteiger partial charge in [-0.25, -0.2) is 0 Å². The lowest BCUT2D eigenvalue weighted by Crippen LogP contribution is -2.36. The van der Waals surface area contributed by atoms with E-state index in [1.54, 1.807) is 12.4 Å². The summed E-state index contributed by atoms with van der Waals surface area (Å²) in [5.41, 5.74) is 4.34. The van der Waals surface area contributed by atoms with Crippen LogP contribution in [0.25, 0.3) is 10.9 Å². The van der Waals surface area contributed by atoms with Gasteiger partial charge in [0.2, 0.25) is 0 Å². The number of benzene rings is 1. The summed E-state index contributed by atoms with van der Waals surface area (Å²) in [7, 11) is 0. The van der Waals surface area contributed by atoms with Gasteiger partial charge in [-0.15, -0.1) is 0 Å². The molecule has 4 rings (SSSR count). The molecule has 5 nitrogen and oxygen atoms in total. The highest BCUT2D eigenvalue weighted by atomic mass is 16.2. The number of hydrogen-bond donors (Lipinski definition) is 2. The first kappa shape index (κ1) is 13.8. The van der Waals surface area contributed by atoms with Crippen molar-refractivity contribution < 1.29 is 4.79 Å². The maximum Gasteiger partial charge on any atom is 0.258 e. The third-order valence-corrected chi connectivity index (χ3v) is 4.57. The van der Waals surface area contributed by atoms with Gasteiger partial charge in [-0.1, -0.05) is 24.3 Å². The lowest BCUT2D eigenvalue weighted by molar-refractivity contribution is 0.0736. The fourth-order valence-corrected chi connectivity index (χ4v) is 3.30. The second kappa shape index (κ2) is 5.12. The molecule has 5 heteroatoms. The van der Waals surface area contributed by atoms with Crippen LogP contribution in [0.2, 0.25) is 0 Å². The van der Waals surface area contributed by atoms with E-state index in [0.717, 1.165) is 17.5 Å². The molecule has 3 aromatic rings.